The zero-order chi connectivity index (χ0) is 19.4. The number of fused-ring (bicyclic) bond motifs is 2. The first-order valence-electron chi connectivity index (χ1n) is 9.89. The average molecular weight is 381 g/mol. The fourth-order valence-electron chi connectivity index (χ4n) is 4.66. The molecule has 148 valence electrons. The van der Waals surface area contributed by atoms with E-state index in [1.807, 2.05) is 18.2 Å². The van der Waals surface area contributed by atoms with E-state index in [1.54, 1.807) is 19.4 Å². The zero-order valence-corrected chi connectivity index (χ0v) is 16.2. The molecule has 6 nitrogen and oxygen atoms in total. The Morgan fingerprint density at radius 2 is 1.96 bits per heavy atom. The number of piperidine rings is 1. The van der Waals surface area contributed by atoms with E-state index in [9.17, 15) is 4.79 Å². The van der Waals surface area contributed by atoms with Crippen molar-refractivity contribution in [3.63, 3.8) is 0 Å². The third-order valence-corrected chi connectivity index (χ3v) is 5.94. The van der Waals surface area contributed by atoms with Gasteiger partial charge in [0.15, 0.2) is 0 Å². The van der Waals surface area contributed by atoms with Gasteiger partial charge in [-0.1, -0.05) is 30.3 Å². The lowest BCUT2D eigenvalue weighted by molar-refractivity contribution is -0.0437. The Morgan fingerprint density at radius 1 is 1.18 bits per heavy atom. The number of nitrogens with zero attached hydrogens (tertiary/aromatic N) is 1. The number of hydrogen-bond acceptors (Lipinski definition) is 5. The average Bonchev–Trinajstić information content (AvgIpc) is 2.99. The molecule has 1 aliphatic carbocycles. The number of hydrogen-bond donors (Lipinski definition) is 2. The predicted molar refractivity (Wildman–Crippen MR) is 106 cm³/mol. The first-order valence-corrected chi connectivity index (χ1v) is 9.89. The van der Waals surface area contributed by atoms with E-state index in [2.05, 4.69) is 33.8 Å². The first kappa shape index (κ1) is 19.1. The molecule has 0 saturated carbocycles. The quantitative estimate of drug-likeness (QED) is 0.751. The lowest BCUT2D eigenvalue weighted by Gasteiger charge is -2.41. The van der Waals surface area contributed by atoms with Crippen molar-refractivity contribution in [1.82, 2.24) is 15.6 Å². The Labute approximate surface area is 165 Å². The highest BCUT2D eigenvalue weighted by molar-refractivity contribution is 5.92. The summed E-state index contributed by atoms with van der Waals surface area (Å²) in [4.78, 5) is 17.1. The molecule has 28 heavy (non-hydrogen) atoms. The molecule has 2 atom stereocenters. The lowest BCUT2D eigenvalue weighted by atomic mass is 9.72. The van der Waals surface area contributed by atoms with Gasteiger partial charge in [0.1, 0.15) is 5.69 Å². The maximum atomic E-state index is 12.9. The number of amides is 1. The molecule has 1 aromatic carbocycles. The molecule has 0 radical (unpaired) electrons. The molecule has 1 aliphatic heterocycles. The van der Waals surface area contributed by atoms with Crippen LogP contribution in [0.2, 0.25) is 0 Å². The molecular weight excluding hydrogens is 354 g/mol. The van der Waals surface area contributed by atoms with Crippen LogP contribution in [0.1, 0.15) is 40.5 Å². The number of methoxy groups -OCH3 is 1. The monoisotopic (exact) mass is 381 g/mol. The maximum Gasteiger partial charge on any atom is 0.270 e. The van der Waals surface area contributed by atoms with Gasteiger partial charge in [-0.05, 0) is 49.2 Å². The Morgan fingerprint density at radius 3 is 2.71 bits per heavy atom. The van der Waals surface area contributed by atoms with Crippen LogP contribution in [0.4, 0.5) is 0 Å². The van der Waals surface area contributed by atoms with Crippen LogP contribution in [0.3, 0.4) is 0 Å². The van der Waals surface area contributed by atoms with Crippen molar-refractivity contribution < 1.29 is 14.3 Å². The number of carbonyl (C=O) groups is 1. The van der Waals surface area contributed by atoms with Crippen LogP contribution in [-0.2, 0) is 14.9 Å². The zero-order valence-electron chi connectivity index (χ0n) is 16.2. The molecule has 2 heterocycles. The molecule has 1 fully saturated rings. The molecule has 1 aromatic heterocycles. The van der Waals surface area contributed by atoms with Crippen molar-refractivity contribution in [3.05, 3.63) is 65.5 Å². The van der Waals surface area contributed by atoms with Gasteiger partial charge in [-0.2, -0.15) is 0 Å². The second kappa shape index (κ2) is 8.39. The van der Waals surface area contributed by atoms with Gasteiger partial charge in [-0.15, -0.1) is 0 Å². The highest BCUT2D eigenvalue weighted by Crippen LogP contribution is 2.51. The summed E-state index contributed by atoms with van der Waals surface area (Å²) in [6.07, 6.45) is 3.47. The van der Waals surface area contributed by atoms with Gasteiger partial charge in [0.05, 0.1) is 25.4 Å². The van der Waals surface area contributed by atoms with Crippen LogP contribution in [0.25, 0.3) is 0 Å². The topological polar surface area (TPSA) is 72.5 Å². The second-order valence-corrected chi connectivity index (χ2v) is 7.44. The number of ether oxygens (including phenoxy) is 2. The third-order valence-electron chi connectivity index (χ3n) is 5.94. The van der Waals surface area contributed by atoms with Crippen molar-refractivity contribution in [2.24, 2.45) is 0 Å². The first-order chi connectivity index (χ1) is 13.8. The Kier molecular flexibility index (Phi) is 5.71. The van der Waals surface area contributed by atoms with Crippen LogP contribution < -0.4 is 10.6 Å². The van der Waals surface area contributed by atoms with Gasteiger partial charge in [0.2, 0.25) is 0 Å². The molecule has 4 rings (SSSR count). The van der Waals surface area contributed by atoms with Crippen molar-refractivity contribution in [2.75, 3.05) is 33.4 Å². The second-order valence-electron chi connectivity index (χ2n) is 7.44. The van der Waals surface area contributed by atoms with Crippen LogP contribution in [0.15, 0.2) is 48.7 Å². The normalized spacial score (nSPS) is 22.8. The smallest absolute Gasteiger partial charge is 0.270 e. The summed E-state index contributed by atoms with van der Waals surface area (Å²) in [6.45, 7) is 2.92. The highest BCUT2D eigenvalue weighted by atomic mass is 16.5. The van der Waals surface area contributed by atoms with Crippen molar-refractivity contribution in [2.45, 2.75) is 30.4 Å². The summed E-state index contributed by atoms with van der Waals surface area (Å²) in [5.74, 6) is -0.174. The number of pyridine rings is 1. The third kappa shape index (κ3) is 3.43. The number of carbonyl (C=O) groups excluding carboxylic acids is 1. The molecular formula is C22H27N3O3. The van der Waals surface area contributed by atoms with Crippen LogP contribution >= 0.6 is 0 Å². The van der Waals surface area contributed by atoms with Crippen LogP contribution in [-0.4, -0.2) is 50.4 Å². The molecule has 1 saturated heterocycles. The highest BCUT2D eigenvalue weighted by Gasteiger charge is 2.53. The van der Waals surface area contributed by atoms with Gasteiger partial charge in [0, 0.05) is 18.7 Å². The minimum Gasteiger partial charge on any atom is -0.382 e. The summed E-state index contributed by atoms with van der Waals surface area (Å²) in [7, 11) is 1.67. The molecule has 0 unspecified atom stereocenters. The molecule has 2 N–H and O–H groups in total. The summed E-state index contributed by atoms with van der Waals surface area (Å²) in [5.41, 5.74) is 2.76. The number of rotatable bonds is 6. The number of benzene rings is 1. The van der Waals surface area contributed by atoms with Crippen molar-refractivity contribution in [1.29, 1.82) is 0 Å². The van der Waals surface area contributed by atoms with E-state index >= 15 is 0 Å². The molecule has 1 amide bonds. The number of aromatic nitrogens is 1. The van der Waals surface area contributed by atoms with E-state index in [0.29, 0.717) is 18.9 Å². The number of nitrogens with one attached hydrogen (secondary N) is 2. The van der Waals surface area contributed by atoms with Gasteiger partial charge in [-0.3, -0.25) is 9.78 Å². The maximum absolute atomic E-state index is 12.9. The Balaban J connectivity index is 1.68. The summed E-state index contributed by atoms with van der Waals surface area (Å²) in [5, 5.41) is 6.67. The minimum atomic E-state index is -0.208. The van der Waals surface area contributed by atoms with Gasteiger partial charge in [0.25, 0.3) is 5.91 Å². The fourth-order valence-corrected chi connectivity index (χ4v) is 4.66. The molecule has 2 aromatic rings. The fraction of sp³-hybridized carbons (Fsp3) is 0.455. The van der Waals surface area contributed by atoms with E-state index in [-0.39, 0.29) is 23.5 Å². The lowest BCUT2D eigenvalue weighted by Crippen LogP contribution is -2.50. The summed E-state index contributed by atoms with van der Waals surface area (Å²) in [6, 6.07) is 13.6. The van der Waals surface area contributed by atoms with Crippen LogP contribution in [0.5, 0.6) is 0 Å². The largest absolute Gasteiger partial charge is 0.382 e. The predicted octanol–water partition coefficient (Wildman–Crippen LogP) is 2.22. The summed E-state index contributed by atoms with van der Waals surface area (Å²) < 4.78 is 11.6. The van der Waals surface area contributed by atoms with Gasteiger partial charge >= 0.3 is 0 Å². The van der Waals surface area contributed by atoms with E-state index in [4.69, 9.17) is 9.47 Å². The SMILES string of the molecule is COCCO[C@@H]1[C@@H](NC(=O)c2ccccn2)c2ccccc2C12CCNCC2. The van der Waals surface area contributed by atoms with Gasteiger partial charge < -0.3 is 20.1 Å². The van der Waals surface area contributed by atoms with E-state index < -0.39 is 0 Å². The van der Waals surface area contributed by atoms with Crippen molar-refractivity contribution >= 4 is 5.91 Å². The molecule has 0 bridgehead atoms. The van der Waals surface area contributed by atoms with Crippen LogP contribution in [0, 0.1) is 0 Å². The Hall–Kier alpha value is -2.28. The van der Waals surface area contributed by atoms with Crippen molar-refractivity contribution in [3.8, 4) is 0 Å². The molecule has 1 spiro atoms. The van der Waals surface area contributed by atoms with E-state index in [1.165, 1.54) is 5.56 Å². The minimum absolute atomic E-state index is 0.0996. The molecule has 6 heteroatoms. The molecule has 2 aliphatic rings. The van der Waals surface area contributed by atoms with E-state index in [0.717, 1.165) is 31.5 Å². The summed E-state index contributed by atoms with van der Waals surface area (Å²) >= 11 is 0. The van der Waals surface area contributed by atoms with Gasteiger partial charge in [-0.25, -0.2) is 0 Å². The Bertz CT molecular complexity index is 806. The standard InChI is InChI=1S/C22H27N3O3/c1-27-14-15-28-20-19(25-21(26)18-8-4-5-11-24-18)16-6-2-3-7-17(16)22(20)9-12-23-13-10-22/h2-8,11,19-20,23H,9-10,12-15H2,1H3,(H,25,26)/t19-,20+/m0/s1.